The summed E-state index contributed by atoms with van der Waals surface area (Å²) < 4.78 is 11.6. The predicted octanol–water partition coefficient (Wildman–Crippen LogP) is 3.70. The zero-order chi connectivity index (χ0) is 24.5. The Morgan fingerprint density at radius 1 is 0.829 bits per heavy atom. The topological polar surface area (TPSA) is 90.0 Å². The molecule has 174 valence electrons. The summed E-state index contributed by atoms with van der Waals surface area (Å²) in [5.41, 5.74) is 0.297. The van der Waals surface area contributed by atoms with Gasteiger partial charge in [-0.25, -0.2) is 4.90 Å². The number of imide groups is 1. The van der Waals surface area contributed by atoms with Crippen LogP contribution in [0.4, 0.5) is 5.69 Å². The van der Waals surface area contributed by atoms with E-state index in [-0.39, 0.29) is 11.1 Å². The molecule has 0 radical (unpaired) electrons. The number of carbonyl (C=O) groups is 4. The molecule has 35 heavy (non-hydrogen) atoms. The molecule has 2 fully saturated rings. The monoisotopic (exact) mass is 467 g/mol. The minimum Gasteiger partial charge on any atom is -0.497 e. The molecule has 3 atom stereocenters. The van der Waals surface area contributed by atoms with Gasteiger partial charge in [0.25, 0.3) is 0 Å². The Labute approximate surface area is 201 Å². The number of nitrogens with zero attached hydrogens (tertiary/aromatic N) is 1. The summed E-state index contributed by atoms with van der Waals surface area (Å²) in [7, 11) is 1.49. The molecule has 0 unspecified atom stereocenters. The lowest BCUT2D eigenvalue weighted by Gasteiger charge is -2.27. The Balaban J connectivity index is 1.54. The molecule has 2 heterocycles. The van der Waals surface area contributed by atoms with Crippen LogP contribution in [-0.4, -0.2) is 36.1 Å². The largest absolute Gasteiger partial charge is 0.497 e. The van der Waals surface area contributed by atoms with E-state index >= 15 is 0 Å². The van der Waals surface area contributed by atoms with Crippen molar-refractivity contribution in [2.24, 2.45) is 11.8 Å². The van der Waals surface area contributed by atoms with E-state index in [1.165, 1.54) is 7.11 Å². The van der Waals surface area contributed by atoms with Crippen molar-refractivity contribution in [3.8, 4) is 5.75 Å². The smallest absolute Gasteiger partial charge is 0.241 e. The van der Waals surface area contributed by atoms with Gasteiger partial charge in [0.05, 0.1) is 30.7 Å². The second-order valence-electron chi connectivity index (χ2n) is 9.11. The van der Waals surface area contributed by atoms with Gasteiger partial charge in [0.15, 0.2) is 0 Å². The van der Waals surface area contributed by atoms with E-state index in [9.17, 15) is 19.2 Å². The number of rotatable bonds is 3. The van der Waals surface area contributed by atoms with Gasteiger partial charge >= 0.3 is 0 Å². The Bertz CT molecular complexity index is 1390. The Kier molecular flexibility index (Phi) is 4.56. The fraction of sp³-hybridized carbons (Fsp3) is 0.214. The van der Waals surface area contributed by atoms with Crippen LogP contribution in [-0.2, 0) is 14.3 Å². The van der Waals surface area contributed by atoms with Crippen LogP contribution in [0.2, 0.25) is 0 Å². The number of amides is 2. The van der Waals surface area contributed by atoms with E-state index in [2.05, 4.69) is 0 Å². The number of Topliss-reactive ketones (excluding diaryl/α,β-unsaturated/α-hetero) is 2. The highest BCUT2D eigenvalue weighted by molar-refractivity contribution is 6.37. The number of ketones is 2. The first-order valence-corrected chi connectivity index (χ1v) is 11.3. The molecule has 2 saturated heterocycles. The standard InChI is InChI=1S/C28H21NO6/c1-15-10-12-16(13-11-15)23-21-22(27(33)29(26(21)32)17-6-5-7-18(14-17)34-2)28(35-23)24(30)19-8-3-4-9-20(19)25(28)31/h3-14,21-23H,1-2H3/t21-,22-,23-/m1/s1. The second kappa shape index (κ2) is 7.45. The number of anilines is 1. The molecule has 0 bridgehead atoms. The normalized spacial score (nSPS) is 24.3. The molecule has 0 saturated carbocycles. The number of ether oxygens (including phenoxy) is 2. The van der Waals surface area contributed by atoms with Crippen molar-refractivity contribution >= 4 is 29.1 Å². The molecule has 3 aliphatic rings. The molecule has 2 aliphatic heterocycles. The van der Waals surface area contributed by atoms with Crippen molar-refractivity contribution in [2.75, 3.05) is 12.0 Å². The van der Waals surface area contributed by atoms with Crippen LogP contribution in [0.5, 0.6) is 5.75 Å². The lowest BCUT2D eigenvalue weighted by molar-refractivity contribution is -0.127. The molecule has 6 rings (SSSR count). The van der Waals surface area contributed by atoms with Crippen LogP contribution >= 0.6 is 0 Å². The fourth-order valence-corrected chi connectivity index (χ4v) is 5.58. The molecule has 1 spiro atoms. The predicted molar refractivity (Wildman–Crippen MR) is 125 cm³/mol. The summed E-state index contributed by atoms with van der Waals surface area (Å²) >= 11 is 0. The van der Waals surface area contributed by atoms with E-state index in [4.69, 9.17) is 9.47 Å². The van der Waals surface area contributed by atoms with Gasteiger partial charge in [0.2, 0.25) is 29.0 Å². The van der Waals surface area contributed by atoms with Crippen LogP contribution < -0.4 is 9.64 Å². The summed E-state index contributed by atoms with van der Waals surface area (Å²) in [6.45, 7) is 1.93. The van der Waals surface area contributed by atoms with Gasteiger partial charge in [-0.2, -0.15) is 0 Å². The highest BCUT2D eigenvalue weighted by Gasteiger charge is 2.74. The molecular formula is C28H21NO6. The van der Waals surface area contributed by atoms with E-state index in [1.54, 1.807) is 60.7 Å². The van der Waals surface area contributed by atoms with Gasteiger partial charge < -0.3 is 9.47 Å². The molecule has 3 aromatic rings. The van der Waals surface area contributed by atoms with Crippen LogP contribution in [0.15, 0.2) is 72.8 Å². The van der Waals surface area contributed by atoms with Gasteiger partial charge in [0.1, 0.15) is 5.75 Å². The van der Waals surface area contributed by atoms with Gasteiger partial charge in [-0.15, -0.1) is 0 Å². The van der Waals surface area contributed by atoms with Crippen molar-refractivity contribution in [3.05, 3.63) is 95.1 Å². The number of aryl methyl sites for hydroxylation is 1. The third-order valence-corrected chi connectivity index (χ3v) is 7.24. The van der Waals surface area contributed by atoms with Crippen molar-refractivity contribution < 1.29 is 28.7 Å². The maximum absolute atomic E-state index is 13.9. The maximum Gasteiger partial charge on any atom is 0.241 e. The summed E-state index contributed by atoms with van der Waals surface area (Å²) in [5.74, 6) is -4.11. The highest BCUT2D eigenvalue weighted by Crippen LogP contribution is 2.57. The quantitative estimate of drug-likeness (QED) is 0.431. The van der Waals surface area contributed by atoms with Crippen LogP contribution in [0.25, 0.3) is 0 Å². The Hall–Kier alpha value is -4.10. The van der Waals surface area contributed by atoms with E-state index in [0.29, 0.717) is 17.0 Å². The van der Waals surface area contributed by atoms with Crippen LogP contribution in [0.1, 0.15) is 37.9 Å². The number of carbonyl (C=O) groups excluding carboxylic acids is 4. The minimum atomic E-state index is -2.08. The first-order chi connectivity index (χ1) is 16.9. The Morgan fingerprint density at radius 3 is 2.11 bits per heavy atom. The third-order valence-electron chi connectivity index (χ3n) is 7.24. The molecule has 1 aliphatic carbocycles. The number of hydrogen-bond donors (Lipinski definition) is 0. The van der Waals surface area contributed by atoms with Crippen molar-refractivity contribution in [1.29, 1.82) is 0 Å². The average molecular weight is 467 g/mol. The van der Waals surface area contributed by atoms with E-state index in [0.717, 1.165) is 10.5 Å². The SMILES string of the molecule is COc1cccc(N2C(=O)[C@H]3[C@@H](c4ccc(C)cc4)OC4(C(=O)c5ccccc5C4=O)[C@H]3C2=O)c1. The molecule has 0 aromatic heterocycles. The molecule has 2 amide bonds. The van der Waals surface area contributed by atoms with Gasteiger partial charge in [-0.05, 0) is 24.6 Å². The van der Waals surface area contributed by atoms with Gasteiger partial charge in [-0.3, -0.25) is 19.2 Å². The summed E-state index contributed by atoms with van der Waals surface area (Å²) in [4.78, 5) is 56.3. The molecule has 7 nitrogen and oxygen atoms in total. The number of benzene rings is 3. The summed E-state index contributed by atoms with van der Waals surface area (Å²) in [6, 6.07) is 20.4. The van der Waals surface area contributed by atoms with Crippen LogP contribution in [0, 0.1) is 18.8 Å². The van der Waals surface area contributed by atoms with Gasteiger partial charge in [-0.1, -0.05) is 60.2 Å². The van der Waals surface area contributed by atoms with Gasteiger partial charge in [0, 0.05) is 17.2 Å². The highest BCUT2D eigenvalue weighted by atomic mass is 16.5. The molecular weight excluding hydrogens is 446 g/mol. The van der Waals surface area contributed by atoms with Crippen molar-refractivity contribution in [3.63, 3.8) is 0 Å². The van der Waals surface area contributed by atoms with E-state index in [1.807, 2.05) is 19.1 Å². The number of hydrogen-bond acceptors (Lipinski definition) is 6. The third kappa shape index (κ3) is 2.76. The minimum absolute atomic E-state index is 0.209. The van der Waals surface area contributed by atoms with Crippen molar-refractivity contribution in [1.82, 2.24) is 0 Å². The molecule has 7 heteroatoms. The zero-order valence-electron chi connectivity index (χ0n) is 19.1. The zero-order valence-corrected chi connectivity index (χ0v) is 19.1. The summed E-state index contributed by atoms with van der Waals surface area (Å²) in [6.07, 6.45) is -0.935. The summed E-state index contributed by atoms with van der Waals surface area (Å²) in [5, 5.41) is 0. The Morgan fingerprint density at radius 2 is 1.49 bits per heavy atom. The number of fused-ring (bicyclic) bond motifs is 3. The van der Waals surface area contributed by atoms with Crippen molar-refractivity contribution in [2.45, 2.75) is 18.6 Å². The second-order valence-corrected chi connectivity index (χ2v) is 9.11. The number of methoxy groups -OCH3 is 1. The fourth-order valence-electron chi connectivity index (χ4n) is 5.58. The molecule has 0 N–H and O–H groups in total. The average Bonchev–Trinajstić information content (AvgIpc) is 3.44. The van der Waals surface area contributed by atoms with E-state index < -0.39 is 46.9 Å². The lowest BCUT2D eigenvalue weighted by atomic mass is 9.77. The maximum atomic E-state index is 13.9. The first kappa shape index (κ1) is 21.4. The lowest BCUT2D eigenvalue weighted by Crippen LogP contribution is -2.51. The van der Waals surface area contributed by atoms with Crippen LogP contribution in [0.3, 0.4) is 0 Å². The molecule has 3 aromatic carbocycles. The first-order valence-electron chi connectivity index (χ1n) is 11.3.